The van der Waals surface area contributed by atoms with E-state index in [-0.39, 0.29) is 0 Å². The van der Waals surface area contributed by atoms with Crippen LogP contribution in [0.1, 0.15) is 44.2 Å². The van der Waals surface area contributed by atoms with Gasteiger partial charge in [0.1, 0.15) is 11.5 Å². The van der Waals surface area contributed by atoms with Gasteiger partial charge in [-0.2, -0.15) is 0 Å². The maximum absolute atomic E-state index is 6.08. The number of likely N-dealkylation sites (tertiary alicyclic amines) is 1. The molecule has 1 aromatic rings. The summed E-state index contributed by atoms with van der Waals surface area (Å²) in [5.41, 5.74) is 8.43. The molecule has 22 heavy (non-hydrogen) atoms. The molecule has 1 atom stereocenters. The number of hydrogen-bond acceptors (Lipinski definition) is 4. The van der Waals surface area contributed by atoms with E-state index in [9.17, 15) is 0 Å². The molecule has 4 nitrogen and oxygen atoms in total. The molecule has 2 N–H and O–H groups in total. The Labute approximate surface area is 134 Å². The Hall–Kier alpha value is -1.26. The summed E-state index contributed by atoms with van der Waals surface area (Å²) in [5.74, 6) is 1.91. The zero-order chi connectivity index (χ0) is 15.9. The quantitative estimate of drug-likeness (QED) is 0.877. The molecule has 4 heteroatoms. The highest BCUT2D eigenvalue weighted by Crippen LogP contribution is 2.33. The third-order valence-corrected chi connectivity index (χ3v) is 4.29. The highest BCUT2D eigenvalue weighted by molar-refractivity contribution is 5.49. The van der Waals surface area contributed by atoms with Crippen molar-refractivity contribution in [3.8, 4) is 11.5 Å². The molecule has 124 valence electrons. The van der Waals surface area contributed by atoms with E-state index in [1.165, 1.54) is 12.0 Å². The van der Waals surface area contributed by atoms with E-state index >= 15 is 0 Å². The van der Waals surface area contributed by atoms with Crippen molar-refractivity contribution in [1.29, 1.82) is 0 Å². The van der Waals surface area contributed by atoms with Gasteiger partial charge in [0.05, 0.1) is 13.2 Å². The summed E-state index contributed by atoms with van der Waals surface area (Å²) in [7, 11) is 0. The Balaban J connectivity index is 2.16. The summed E-state index contributed by atoms with van der Waals surface area (Å²) in [6, 6.07) is 4.58. The van der Waals surface area contributed by atoms with Crippen LogP contribution in [0, 0.1) is 6.92 Å². The summed E-state index contributed by atoms with van der Waals surface area (Å²) in [6.07, 6.45) is 3.40. The first-order chi connectivity index (χ1) is 10.7. The number of rotatable bonds is 6. The first-order valence-electron chi connectivity index (χ1n) is 8.51. The van der Waals surface area contributed by atoms with Gasteiger partial charge in [-0.1, -0.05) is 6.07 Å². The normalized spacial score (nSPS) is 19.7. The first kappa shape index (κ1) is 17.1. The highest BCUT2D eigenvalue weighted by Gasteiger charge is 2.18. The second-order valence-electron chi connectivity index (χ2n) is 6.01. The Morgan fingerprint density at radius 3 is 2.64 bits per heavy atom. The Morgan fingerprint density at radius 1 is 1.14 bits per heavy atom. The number of benzene rings is 1. The van der Waals surface area contributed by atoms with E-state index in [4.69, 9.17) is 15.2 Å². The van der Waals surface area contributed by atoms with Crippen molar-refractivity contribution in [2.75, 3.05) is 26.3 Å². The van der Waals surface area contributed by atoms with Crippen LogP contribution in [0.15, 0.2) is 12.1 Å². The average molecular weight is 306 g/mol. The molecule has 1 heterocycles. The molecule has 0 saturated carbocycles. The van der Waals surface area contributed by atoms with E-state index in [1.807, 2.05) is 13.8 Å². The highest BCUT2D eigenvalue weighted by atomic mass is 16.5. The minimum atomic E-state index is 0.360. The van der Waals surface area contributed by atoms with Crippen LogP contribution in [0.4, 0.5) is 0 Å². The Bertz CT molecular complexity index is 476. The second kappa shape index (κ2) is 8.39. The Kier molecular flexibility index (Phi) is 6.52. The molecule has 1 fully saturated rings. The van der Waals surface area contributed by atoms with Crippen molar-refractivity contribution in [1.82, 2.24) is 4.90 Å². The third kappa shape index (κ3) is 4.37. The monoisotopic (exact) mass is 306 g/mol. The number of nitrogens with two attached hydrogens (primary N) is 1. The van der Waals surface area contributed by atoms with Gasteiger partial charge in [-0.3, -0.25) is 4.90 Å². The van der Waals surface area contributed by atoms with Gasteiger partial charge in [-0.15, -0.1) is 0 Å². The molecule has 0 aliphatic carbocycles. The topological polar surface area (TPSA) is 47.7 Å². The first-order valence-corrected chi connectivity index (χ1v) is 8.51. The van der Waals surface area contributed by atoms with Gasteiger partial charge in [0.2, 0.25) is 0 Å². The van der Waals surface area contributed by atoms with E-state index in [0.29, 0.717) is 19.3 Å². The van der Waals surface area contributed by atoms with Gasteiger partial charge < -0.3 is 15.2 Å². The number of nitrogens with zero attached hydrogens (tertiary/aromatic N) is 1. The summed E-state index contributed by atoms with van der Waals surface area (Å²) in [4.78, 5) is 2.49. The maximum Gasteiger partial charge on any atom is 0.130 e. The van der Waals surface area contributed by atoms with Gasteiger partial charge in [0.15, 0.2) is 0 Å². The number of hydrogen-bond donors (Lipinski definition) is 1. The van der Waals surface area contributed by atoms with Crippen LogP contribution in [0.2, 0.25) is 0 Å². The van der Waals surface area contributed by atoms with Crippen molar-refractivity contribution in [3.63, 3.8) is 0 Å². The van der Waals surface area contributed by atoms with Crippen LogP contribution >= 0.6 is 0 Å². The smallest absolute Gasteiger partial charge is 0.130 e. The van der Waals surface area contributed by atoms with E-state index in [0.717, 1.165) is 49.5 Å². The lowest BCUT2D eigenvalue weighted by molar-refractivity contribution is 0.264. The zero-order valence-corrected chi connectivity index (χ0v) is 14.2. The minimum absolute atomic E-state index is 0.360. The summed E-state index contributed by atoms with van der Waals surface area (Å²) in [5, 5.41) is 0. The van der Waals surface area contributed by atoms with Gasteiger partial charge >= 0.3 is 0 Å². The molecular formula is C18H30N2O2. The predicted molar refractivity (Wildman–Crippen MR) is 90.6 cm³/mol. The summed E-state index contributed by atoms with van der Waals surface area (Å²) < 4.78 is 11.6. The average Bonchev–Trinajstić information content (AvgIpc) is 2.71. The molecule has 1 aliphatic rings. The van der Waals surface area contributed by atoms with Crippen LogP contribution in [0.5, 0.6) is 11.5 Å². The van der Waals surface area contributed by atoms with Crippen LogP contribution < -0.4 is 15.2 Å². The predicted octanol–water partition coefficient (Wildman–Crippen LogP) is 3.11. The van der Waals surface area contributed by atoms with Crippen molar-refractivity contribution in [3.05, 3.63) is 23.3 Å². The van der Waals surface area contributed by atoms with Crippen LogP contribution in [0.25, 0.3) is 0 Å². The van der Waals surface area contributed by atoms with E-state index in [2.05, 4.69) is 24.0 Å². The molecule has 1 unspecified atom stereocenters. The van der Waals surface area contributed by atoms with Crippen molar-refractivity contribution >= 4 is 0 Å². The molecule has 1 saturated heterocycles. The molecule has 0 spiro atoms. The fourth-order valence-electron chi connectivity index (χ4n) is 3.09. The lowest BCUT2D eigenvalue weighted by Crippen LogP contribution is -2.26. The van der Waals surface area contributed by atoms with Gasteiger partial charge in [-0.05, 0) is 59.2 Å². The van der Waals surface area contributed by atoms with Crippen LogP contribution in [-0.4, -0.2) is 37.2 Å². The SMILES string of the molecule is CCOc1ccc(CN2CCCC(N)CC2)c(OCC)c1C. The number of ether oxygens (including phenoxy) is 2. The molecule has 1 aliphatic heterocycles. The lowest BCUT2D eigenvalue weighted by Gasteiger charge is -2.23. The fraction of sp³-hybridized carbons (Fsp3) is 0.667. The van der Waals surface area contributed by atoms with Crippen molar-refractivity contribution in [2.24, 2.45) is 5.73 Å². The van der Waals surface area contributed by atoms with Crippen molar-refractivity contribution < 1.29 is 9.47 Å². The molecule has 2 rings (SSSR count). The maximum atomic E-state index is 6.08. The fourth-order valence-corrected chi connectivity index (χ4v) is 3.09. The van der Waals surface area contributed by atoms with E-state index in [1.54, 1.807) is 0 Å². The van der Waals surface area contributed by atoms with Gasteiger partial charge in [0.25, 0.3) is 0 Å². The van der Waals surface area contributed by atoms with Gasteiger partial charge in [0, 0.05) is 23.7 Å². The molecule has 0 radical (unpaired) electrons. The minimum Gasteiger partial charge on any atom is -0.493 e. The third-order valence-electron chi connectivity index (χ3n) is 4.29. The molecule has 0 aromatic heterocycles. The molecule has 1 aromatic carbocycles. The molecular weight excluding hydrogens is 276 g/mol. The Morgan fingerprint density at radius 2 is 1.91 bits per heavy atom. The zero-order valence-electron chi connectivity index (χ0n) is 14.2. The van der Waals surface area contributed by atoms with Crippen LogP contribution in [-0.2, 0) is 6.54 Å². The van der Waals surface area contributed by atoms with E-state index < -0.39 is 0 Å². The van der Waals surface area contributed by atoms with Crippen LogP contribution in [0.3, 0.4) is 0 Å². The standard InChI is InChI=1S/C18H30N2O2/c1-4-21-17-9-8-15(18(14(17)3)22-5-2)13-20-11-6-7-16(19)10-12-20/h8-9,16H,4-7,10-13,19H2,1-3H3. The lowest BCUT2D eigenvalue weighted by atomic mass is 10.1. The summed E-state index contributed by atoms with van der Waals surface area (Å²) in [6.45, 7) is 10.6. The summed E-state index contributed by atoms with van der Waals surface area (Å²) >= 11 is 0. The van der Waals surface area contributed by atoms with Crippen molar-refractivity contribution in [2.45, 2.75) is 52.6 Å². The molecule has 0 bridgehead atoms. The molecule has 0 amide bonds. The second-order valence-corrected chi connectivity index (χ2v) is 6.01. The largest absolute Gasteiger partial charge is 0.493 e. The van der Waals surface area contributed by atoms with Gasteiger partial charge in [-0.25, -0.2) is 0 Å².